The van der Waals surface area contributed by atoms with Gasteiger partial charge >= 0.3 is 0 Å². The van der Waals surface area contributed by atoms with Gasteiger partial charge in [0.1, 0.15) is 4.88 Å². The number of para-hydroxylation sites is 1. The lowest BCUT2D eigenvalue weighted by Crippen LogP contribution is -2.47. The largest absolute Gasteiger partial charge is 0.550 e. The SMILES string of the molecule is O=C([O-])CC(Nn1c(O)c(C2=c3ccccc3=NC2=O)sc1=S)C(=O)[O-]. The lowest BCUT2D eigenvalue weighted by atomic mass is 10.1. The van der Waals surface area contributed by atoms with Crippen LogP contribution >= 0.6 is 23.6 Å². The van der Waals surface area contributed by atoms with Crippen LogP contribution in [0.4, 0.5) is 0 Å². The summed E-state index contributed by atoms with van der Waals surface area (Å²) in [6.07, 6.45) is -0.900. The molecular weight excluding hydrogens is 382 g/mol. The molecule has 1 amide bonds. The molecule has 134 valence electrons. The first kappa shape index (κ1) is 17.8. The van der Waals surface area contributed by atoms with Crippen molar-refractivity contribution in [2.75, 3.05) is 5.43 Å². The Morgan fingerprint density at radius 2 is 2.04 bits per heavy atom. The summed E-state index contributed by atoms with van der Waals surface area (Å²) >= 11 is 5.93. The number of carboxylic acids is 2. The fourth-order valence-electron chi connectivity index (χ4n) is 2.43. The zero-order valence-corrected chi connectivity index (χ0v) is 14.4. The summed E-state index contributed by atoms with van der Waals surface area (Å²) in [5.41, 5.74) is 2.39. The summed E-state index contributed by atoms with van der Waals surface area (Å²) < 4.78 is 0.798. The molecule has 2 aromatic rings. The standard InChI is InChI=1S/C15H11N3O6S2/c19-9(20)5-8(14(23)24)17-18-13(22)11(26-15(18)25)10-6-3-1-2-4-7(6)16-12(10)21/h1-4,8,17,22H,5H2,(H,19,20)(H,23,24)/p-2. The fourth-order valence-corrected chi connectivity index (χ4v) is 3.71. The number of aromatic hydroxyl groups is 1. The number of carbonyl (C=O) groups excluding carboxylic acids is 3. The molecule has 2 heterocycles. The molecule has 11 heteroatoms. The summed E-state index contributed by atoms with van der Waals surface area (Å²) in [7, 11) is 0. The molecule has 1 unspecified atom stereocenters. The van der Waals surface area contributed by atoms with Gasteiger partial charge in [-0.3, -0.25) is 4.79 Å². The Kier molecular flexibility index (Phi) is 4.57. The molecule has 3 rings (SSSR count). The van der Waals surface area contributed by atoms with Crippen LogP contribution in [0, 0.1) is 3.95 Å². The number of rotatable bonds is 6. The van der Waals surface area contributed by atoms with Crippen LogP contribution in [0.5, 0.6) is 5.88 Å². The van der Waals surface area contributed by atoms with Gasteiger partial charge in [-0.25, -0.2) is 9.67 Å². The van der Waals surface area contributed by atoms with Gasteiger partial charge in [-0.15, -0.1) is 0 Å². The van der Waals surface area contributed by atoms with Crippen LogP contribution in [0.1, 0.15) is 11.3 Å². The Labute approximate surface area is 154 Å². The number of aliphatic carboxylic acids is 2. The average Bonchev–Trinajstić information content (AvgIpc) is 3.03. The van der Waals surface area contributed by atoms with E-state index >= 15 is 0 Å². The molecule has 0 saturated carbocycles. The van der Waals surface area contributed by atoms with Crippen molar-refractivity contribution in [3.63, 3.8) is 0 Å². The zero-order chi connectivity index (χ0) is 19.0. The Balaban J connectivity index is 2.10. The molecule has 26 heavy (non-hydrogen) atoms. The fraction of sp³-hybridized carbons (Fsp3) is 0.133. The third-order valence-electron chi connectivity index (χ3n) is 3.56. The zero-order valence-electron chi connectivity index (χ0n) is 12.8. The Hall–Kier alpha value is -3.05. The molecule has 2 N–H and O–H groups in total. The Bertz CT molecular complexity index is 1120. The summed E-state index contributed by atoms with van der Waals surface area (Å²) in [6, 6.07) is 5.00. The van der Waals surface area contributed by atoms with Crippen LogP contribution in [0.15, 0.2) is 29.3 Å². The lowest BCUT2D eigenvalue weighted by molar-refractivity contribution is -0.316. The normalized spacial score (nSPS) is 13.8. The quantitative estimate of drug-likeness (QED) is 0.500. The minimum absolute atomic E-state index is 0.0215. The number of aromatic nitrogens is 1. The smallest absolute Gasteiger partial charge is 0.279 e. The number of hydrogen-bond donors (Lipinski definition) is 2. The number of hydrogen-bond acceptors (Lipinski definition) is 9. The molecule has 1 aliphatic heterocycles. The van der Waals surface area contributed by atoms with E-state index in [2.05, 4.69) is 10.4 Å². The summed E-state index contributed by atoms with van der Waals surface area (Å²) in [5, 5.41) is 33.1. The highest BCUT2D eigenvalue weighted by atomic mass is 32.1. The van der Waals surface area contributed by atoms with E-state index in [1.165, 1.54) is 0 Å². The van der Waals surface area contributed by atoms with Crippen LogP contribution in [-0.4, -0.2) is 33.7 Å². The van der Waals surface area contributed by atoms with E-state index in [-0.39, 0.29) is 14.4 Å². The number of benzene rings is 1. The van der Waals surface area contributed by atoms with Gasteiger partial charge in [0, 0.05) is 17.6 Å². The summed E-state index contributed by atoms with van der Waals surface area (Å²) in [4.78, 5) is 37.9. The van der Waals surface area contributed by atoms with Crippen LogP contribution in [0.25, 0.3) is 5.57 Å². The van der Waals surface area contributed by atoms with Crippen LogP contribution in [0.3, 0.4) is 0 Å². The van der Waals surface area contributed by atoms with Gasteiger partial charge in [0.2, 0.25) is 5.88 Å². The molecule has 0 aliphatic carbocycles. The summed E-state index contributed by atoms with van der Waals surface area (Å²) in [6.45, 7) is 0. The molecule has 1 aromatic carbocycles. The molecule has 0 fully saturated rings. The monoisotopic (exact) mass is 391 g/mol. The number of carboxylic acid groups (broad SMARTS) is 2. The van der Waals surface area contributed by atoms with E-state index in [4.69, 9.17) is 12.2 Å². The van der Waals surface area contributed by atoms with Crippen molar-refractivity contribution in [2.24, 2.45) is 4.99 Å². The van der Waals surface area contributed by atoms with Crippen molar-refractivity contribution in [3.05, 3.63) is 43.7 Å². The maximum absolute atomic E-state index is 12.2. The van der Waals surface area contributed by atoms with Crippen LogP contribution in [0.2, 0.25) is 0 Å². The van der Waals surface area contributed by atoms with Crippen molar-refractivity contribution in [1.29, 1.82) is 0 Å². The number of amides is 1. The topological polar surface area (TPSA) is 147 Å². The van der Waals surface area contributed by atoms with E-state index in [1.54, 1.807) is 24.3 Å². The first-order valence-corrected chi connectivity index (χ1v) is 8.37. The second-order valence-electron chi connectivity index (χ2n) is 5.24. The van der Waals surface area contributed by atoms with Gasteiger partial charge in [0.15, 0.2) is 3.95 Å². The van der Waals surface area contributed by atoms with E-state index in [9.17, 15) is 29.7 Å². The molecule has 0 bridgehead atoms. The van der Waals surface area contributed by atoms with Gasteiger partial charge in [0.25, 0.3) is 5.91 Å². The van der Waals surface area contributed by atoms with Crippen LogP contribution < -0.4 is 26.2 Å². The predicted molar refractivity (Wildman–Crippen MR) is 87.3 cm³/mol. The maximum Gasteiger partial charge on any atom is 0.279 e. The molecule has 0 radical (unpaired) electrons. The second kappa shape index (κ2) is 6.69. The van der Waals surface area contributed by atoms with Crippen molar-refractivity contribution >= 4 is 47.0 Å². The summed E-state index contributed by atoms with van der Waals surface area (Å²) in [5.74, 6) is -4.44. The second-order valence-corrected chi connectivity index (χ2v) is 6.89. The van der Waals surface area contributed by atoms with E-state index < -0.39 is 36.2 Å². The van der Waals surface area contributed by atoms with Gasteiger partial charge in [-0.2, -0.15) is 0 Å². The number of nitrogens with zero attached hydrogens (tertiary/aromatic N) is 2. The average molecular weight is 391 g/mol. The Morgan fingerprint density at radius 3 is 2.69 bits per heavy atom. The molecule has 1 atom stereocenters. The number of carbonyl (C=O) groups is 3. The third-order valence-corrected chi connectivity index (χ3v) is 4.94. The highest BCUT2D eigenvalue weighted by Gasteiger charge is 2.26. The third kappa shape index (κ3) is 3.09. The van der Waals surface area contributed by atoms with Crippen LogP contribution in [-0.2, 0) is 14.4 Å². The lowest BCUT2D eigenvalue weighted by Gasteiger charge is -2.21. The first-order chi connectivity index (χ1) is 12.3. The van der Waals surface area contributed by atoms with Gasteiger partial charge in [-0.1, -0.05) is 29.5 Å². The Morgan fingerprint density at radius 1 is 1.35 bits per heavy atom. The van der Waals surface area contributed by atoms with E-state index in [0.717, 1.165) is 16.0 Å². The molecule has 1 aromatic heterocycles. The predicted octanol–water partition coefficient (Wildman–Crippen LogP) is -2.85. The van der Waals surface area contributed by atoms with Gasteiger partial charge in [-0.05, 0) is 18.3 Å². The first-order valence-electron chi connectivity index (χ1n) is 7.14. The van der Waals surface area contributed by atoms with Crippen molar-refractivity contribution in [1.82, 2.24) is 4.68 Å². The highest BCUT2D eigenvalue weighted by molar-refractivity contribution is 7.73. The molecular formula is C15H9N3O6S2-2. The molecule has 0 saturated heterocycles. The van der Waals surface area contributed by atoms with Gasteiger partial charge < -0.3 is 30.3 Å². The highest BCUT2D eigenvalue weighted by Crippen LogP contribution is 2.31. The maximum atomic E-state index is 12.2. The van der Waals surface area contributed by atoms with E-state index in [0.29, 0.717) is 10.6 Å². The molecule has 0 spiro atoms. The minimum atomic E-state index is -1.71. The minimum Gasteiger partial charge on any atom is -0.550 e. The van der Waals surface area contributed by atoms with Crippen molar-refractivity contribution in [2.45, 2.75) is 12.5 Å². The number of fused-ring (bicyclic) bond motifs is 1. The van der Waals surface area contributed by atoms with E-state index in [1.807, 2.05) is 0 Å². The number of nitrogens with one attached hydrogen (secondary N) is 1. The van der Waals surface area contributed by atoms with Crippen molar-refractivity contribution < 1.29 is 29.7 Å². The van der Waals surface area contributed by atoms with Gasteiger partial charge in [0.05, 0.1) is 22.9 Å². The molecule has 9 nitrogen and oxygen atoms in total. The molecule has 1 aliphatic rings. The van der Waals surface area contributed by atoms with Crippen molar-refractivity contribution in [3.8, 4) is 5.88 Å². The number of thiazole rings is 1.